The van der Waals surface area contributed by atoms with Crippen LogP contribution in [0.1, 0.15) is 73.4 Å². The van der Waals surface area contributed by atoms with Gasteiger partial charge in [-0.15, -0.1) is 0 Å². The highest BCUT2D eigenvalue weighted by Gasteiger charge is 2.38. The molecule has 12 nitrogen and oxygen atoms in total. The van der Waals surface area contributed by atoms with Gasteiger partial charge in [-0.2, -0.15) is 0 Å². The van der Waals surface area contributed by atoms with Gasteiger partial charge in [-0.3, -0.25) is 19.4 Å². The van der Waals surface area contributed by atoms with Crippen LogP contribution in [-0.2, 0) is 31.9 Å². The molecule has 0 aliphatic rings. The van der Waals surface area contributed by atoms with Gasteiger partial charge in [0.15, 0.2) is 0 Å². The maximum absolute atomic E-state index is 14.2. The number of nitrogens with zero attached hydrogens (tertiary/aromatic N) is 2. The molecule has 0 saturated carbocycles. The van der Waals surface area contributed by atoms with Gasteiger partial charge in [0.2, 0.25) is 0 Å². The first-order chi connectivity index (χ1) is 40.9. The van der Waals surface area contributed by atoms with Gasteiger partial charge in [-0.05, 0) is 162 Å². The Balaban J connectivity index is 0.000000190. The second kappa shape index (κ2) is 28.7. The monoisotopic (exact) mass is 1290 g/mol. The van der Waals surface area contributed by atoms with Crippen LogP contribution in [-0.4, -0.2) is 64.2 Å². The molecule has 2 atom stereocenters. The van der Waals surface area contributed by atoms with Gasteiger partial charge in [0, 0.05) is 55.1 Å². The third kappa shape index (κ3) is 17.3. The zero-order valence-electron chi connectivity index (χ0n) is 47.7. The summed E-state index contributed by atoms with van der Waals surface area (Å²) in [6.07, 6.45) is 0.501. The molecule has 2 heterocycles. The average Bonchev–Trinajstić information content (AvgIpc) is 1.36. The lowest BCUT2D eigenvalue weighted by atomic mass is 9.88. The fourth-order valence-corrected chi connectivity index (χ4v) is 10.3. The zero-order valence-corrected chi connectivity index (χ0v) is 52.3. The third-order valence-electron chi connectivity index (χ3n) is 12.9. The van der Waals surface area contributed by atoms with Gasteiger partial charge >= 0.3 is 19.1 Å². The molecular weight excluding hydrogens is 1240 g/mol. The highest BCUT2D eigenvalue weighted by Crippen LogP contribution is 2.34. The van der Waals surface area contributed by atoms with Crippen molar-refractivity contribution in [2.45, 2.75) is 77.7 Å². The van der Waals surface area contributed by atoms with Crippen molar-refractivity contribution in [2.75, 3.05) is 9.80 Å². The SMILES string of the molecule is CC(C)(C)OC(=O)[C@H](Cc1ccccc1)N(C(=O)c1ccc(Cl)cc1Cl)c1ccc(-c2cc3ccccc3o2)cc1.CC(C)(C)OC(=O)[C@H](Cc1ccccc1)N(C(=O)c1ccc(Cl)cc1Cl)c1ccc(Br)cc1.OB(O)c1cc2ccccc2o1. The van der Waals surface area contributed by atoms with Crippen LogP contribution >= 0.6 is 62.3 Å². The Bertz CT molecular complexity index is 3900. The summed E-state index contributed by atoms with van der Waals surface area (Å²) in [5.74, 6) is -1.21. The lowest BCUT2D eigenvalue weighted by Crippen LogP contribution is -2.49. The smallest absolute Gasteiger partial charge is 0.465 e. The Labute approximate surface area is 528 Å². The molecule has 2 aromatic heterocycles. The third-order valence-corrected chi connectivity index (χ3v) is 14.6. The first kappa shape index (κ1) is 64.3. The molecule has 2 N–H and O–H groups in total. The van der Waals surface area contributed by atoms with Crippen molar-refractivity contribution >= 4 is 132 Å². The quantitative estimate of drug-likeness (QED) is 0.0792. The van der Waals surface area contributed by atoms with Crippen LogP contribution in [0.2, 0.25) is 20.1 Å². The van der Waals surface area contributed by atoms with Crippen LogP contribution in [0.4, 0.5) is 11.4 Å². The van der Waals surface area contributed by atoms with Crippen LogP contribution in [0.25, 0.3) is 33.3 Å². The maximum Gasteiger partial charge on any atom is 0.526 e. The molecule has 0 radical (unpaired) electrons. The van der Waals surface area contributed by atoms with Gasteiger partial charge < -0.3 is 28.4 Å². The van der Waals surface area contributed by atoms with Crippen LogP contribution in [0, 0.1) is 0 Å². The minimum atomic E-state index is -1.53. The van der Waals surface area contributed by atoms with Crippen molar-refractivity contribution in [3.8, 4) is 11.3 Å². The minimum absolute atomic E-state index is 0.177. The van der Waals surface area contributed by atoms with Gasteiger partial charge in [-0.1, -0.05) is 159 Å². The molecule has 18 heteroatoms. The first-order valence-corrected chi connectivity index (χ1v) is 29.5. The number of esters is 2. The topological polar surface area (TPSA) is 160 Å². The number of furan rings is 2. The Morgan fingerprint density at radius 2 is 0.895 bits per heavy atom. The number of para-hydroxylation sites is 2. The lowest BCUT2D eigenvalue weighted by Gasteiger charge is -2.33. The van der Waals surface area contributed by atoms with E-state index < -0.39 is 54.2 Å². The molecule has 2 amide bonds. The Kier molecular flexibility index (Phi) is 21.5. The van der Waals surface area contributed by atoms with E-state index in [2.05, 4.69) is 15.9 Å². The van der Waals surface area contributed by atoms with Crippen LogP contribution in [0.5, 0.6) is 0 Å². The number of rotatable bonds is 14. The number of amides is 2. The van der Waals surface area contributed by atoms with E-state index >= 15 is 0 Å². The summed E-state index contributed by atoms with van der Waals surface area (Å²) in [6.45, 7) is 10.8. The van der Waals surface area contributed by atoms with Crippen molar-refractivity contribution in [2.24, 2.45) is 0 Å². The van der Waals surface area contributed by atoms with Crippen molar-refractivity contribution < 1.29 is 47.5 Å². The van der Waals surface area contributed by atoms with E-state index in [0.717, 1.165) is 37.5 Å². The number of anilines is 2. The lowest BCUT2D eigenvalue weighted by molar-refractivity contribution is -0.157. The van der Waals surface area contributed by atoms with Gasteiger partial charge in [0.25, 0.3) is 11.8 Å². The Hall–Kier alpha value is -7.66. The first-order valence-electron chi connectivity index (χ1n) is 27.2. The van der Waals surface area contributed by atoms with Crippen molar-refractivity contribution in [3.05, 3.63) is 253 Å². The van der Waals surface area contributed by atoms with Gasteiger partial charge in [-0.25, -0.2) is 9.59 Å². The number of benzene rings is 8. The number of carbonyl (C=O) groups excluding carboxylic acids is 4. The summed E-state index contributed by atoms with van der Waals surface area (Å²) < 4.78 is 23.6. The Morgan fingerprint density at radius 3 is 1.29 bits per heavy atom. The second-order valence-electron chi connectivity index (χ2n) is 21.8. The molecule has 0 bridgehead atoms. The average molecular weight is 1300 g/mol. The van der Waals surface area contributed by atoms with Crippen molar-refractivity contribution in [1.82, 2.24) is 0 Å². The molecular formula is C68H60BBrCl4N2O10. The summed E-state index contributed by atoms with van der Waals surface area (Å²) >= 11 is 28.5. The maximum atomic E-state index is 14.2. The number of halogens is 5. The summed E-state index contributed by atoms with van der Waals surface area (Å²) in [5.41, 5.74) is 4.26. The van der Waals surface area contributed by atoms with Gasteiger partial charge in [0.05, 0.1) is 21.2 Å². The highest BCUT2D eigenvalue weighted by atomic mass is 79.9. The second-order valence-corrected chi connectivity index (χ2v) is 24.4. The molecule has 0 aliphatic heterocycles. The molecule has 0 aliphatic carbocycles. The Morgan fingerprint density at radius 1 is 0.500 bits per heavy atom. The van der Waals surface area contributed by atoms with E-state index in [-0.39, 0.29) is 39.7 Å². The zero-order chi connectivity index (χ0) is 61.9. The van der Waals surface area contributed by atoms with E-state index in [1.54, 1.807) is 102 Å². The molecule has 0 unspecified atom stereocenters. The van der Waals surface area contributed by atoms with Gasteiger partial charge in [0.1, 0.15) is 45.9 Å². The minimum Gasteiger partial charge on any atom is -0.465 e. The highest BCUT2D eigenvalue weighted by molar-refractivity contribution is 9.10. The summed E-state index contributed by atoms with van der Waals surface area (Å²) in [6, 6.07) is 59.7. The molecule has 0 spiro atoms. The predicted molar refractivity (Wildman–Crippen MR) is 348 cm³/mol. The normalized spacial score (nSPS) is 12.0. The molecule has 0 saturated heterocycles. The number of ether oxygens (including phenoxy) is 2. The fourth-order valence-electron chi connectivity index (χ4n) is 9.08. The summed E-state index contributed by atoms with van der Waals surface area (Å²) in [7, 11) is -1.53. The van der Waals surface area contributed by atoms with E-state index in [1.807, 2.05) is 133 Å². The molecule has 86 heavy (non-hydrogen) atoms. The fraction of sp³-hybridized carbons (Fsp3) is 0.176. The van der Waals surface area contributed by atoms with Crippen LogP contribution < -0.4 is 15.5 Å². The molecule has 440 valence electrons. The van der Waals surface area contributed by atoms with Crippen molar-refractivity contribution in [1.29, 1.82) is 0 Å². The molecule has 10 rings (SSSR count). The van der Waals surface area contributed by atoms with E-state index in [4.69, 9.17) is 74.8 Å². The largest absolute Gasteiger partial charge is 0.526 e. The van der Waals surface area contributed by atoms with Crippen LogP contribution in [0.15, 0.2) is 220 Å². The van der Waals surface area contributed by atoms with Crippen molar-refractivity contribution in [3.63, 3.8) is 0 Å². The standard InChI is InChI=1S/C34H29Cl2NO4.C26H24BrCl2NO3.C8H7BO3/c1-34(2,3)41-33(39)29(19-22-9-5-4-6-10-22)37(32(38)27-18-15-25(35)21-28(27)36)26-16-13-23(14-17-26)31-20-24-11-7-8-12-30(24)40-31;1-26(2,3)33-25(32)23(15-17-7-5-4-6-8-17)30(20-12-9-18(27)10-13-20)24(31)21-14-11-19(28)16-22(21)29;10-9(11)8-5-6-3-1-2-4-7(6)12-8/h4-18,20-21,29H,19H2,1-3H3;4-14,16,23H,15H2,1-3H3;1-5,10-11H/t29-;23-;/m00./s1. The number of hydrogen-bond acceptors (Lipinski definition) is 10. The van der Waals surface area contributed by atoms with E-state index in [1.165, 1.54) is 21.9 Å². The number of carbonyl (C=O) groups is 4. The summed E-state index contributed by atoms with van der Waals surface area (Å²) in [4.78, 5) is 58.2. The molecule has 10 aromatic rings. The van der Waals surface area contributed by atoms with E-state index in [0.29, 0.717) is 32.8 Å². The van der Waals surface area contributed by atoms with Crippen LogP contribution in [0.3, 0.4) is 0 Å². The summed E-state index contributed by atoms with van der Waals surface area (Å²) in [5, 5.41) is 20.7. The number of fused-ring (bicyclic) bond motifs is 2. The predicted octanol–water partition coefficient (Wildman–Crippen LogP) is 16.5. The molecule has 8 aromatic carbocycles. The number of hydrogen-bond donors (Lipinski definition) is 2. The molecule has 0 fully saturated rings. The van der Waals surface area contributed by atoms with E-state index in [9.17, 15) is 19.2 Å².